The van der Waals surface area contributed by atoms with E-state index in [1.807, 2.05) is 72.8 Å². The summed E-state index contributed by atoms with van der Waals surface area (Å²) >= 11 is 5.54. The van der Waals surface area contributed by atoms with E-state index >= 15 is 0 Å². The molecule has 0 atom stereocenters. The maximum Gasteiger partial charge on any atom is 0.239 e. The highest BCUT2D eigenvalue weighted by Crippen LogP contribution is 2.35. The molecule has 0 spiro atoms. The number of methoxy groups -OCH3 is 1. The minimum atomic E-state index is -0.249. The third-order valence-electron chi connectivity index (χ3n) is 4.24. The minimum absolute atomic E-state index is 0.00220. The van der Waals surface area contributed by atoms with E-state index in [-0.39, 0.29) is 18.4 Å². The lowest BCUT2D eigenvalue weighted by molar-refractivity contribution is -0.113. The average Bonchev–Trinajstić information content (AvgIpc) is 2.76. The van der Waals surface area contributed by atoms with Gasteiger partial charge in [0, 0.05) is 22.7 Å². The number of carbonyl (C=O) groups is 1. The Morgan fingerprint density at radius 3 is 1.89 bits per heavy atom. The smallest absolute Gasteiger partial charge is 0.239 e. The Bertz CT molecular complexity index is 863. The van der Waals surface area contributed by atoms with Gasteiger partial charge < -0.3 is 20.1 Å². The number of alkyl halides is 1. The lowest BCUT2D eigenvalue weighted by atomic mass is 10.1. The second kappa shape index (κ2) is 9.26. The number of benzene rings is 3. The number of ether oxygens (including phenoxy) is 1. The molecule has 0 heterocycles. The van der Waals surface area contributed by atoms with Crippen molar-refractivity contribution in [2.75, 3.05) is 23.2 Å². The van der Waals surface area contributed by atoms with E-state index < -0.39 is 0 Å². The van der Waals surface area contributed by atoms with Gasteiger partial charge in [-0.3, -0.25) is 4.79 Å². The number of hydrogen-bond donors (Lipinski definition) is 2. The quantitative estimate of drug-likeness (QED) is 0.561. The molecule has 0 saturated carbocycles. The predicted molar refractivity (Wildman–Crippen MR) is 113 cm³/mol. The topological polar surface area (TPSA) is 61.8 Å². The molecule has 0 unspecified atom stereocenters. The largest absolute Gasteiger partial charge is 0.497 e. The van der Waals surface area contributed by atoms with E-state index in [4.69, 9.17) is 16.3 Å². The molecule has 0 aromatic heterocycles. The number of nitrogens with one attached hydrogen (secondary N) is 1. The summed E-state index contributed by atoms with van der Waals surface area (Å²) in [4.78, 5) is 13.6. The number of carbonyl (C=O) groups excluding carboxylic acids is 1. The molecule has 5 nitrogen and oxygen atoms in total. The van der Waals surface area contributed by atoms with Crippen molar-refractivity contribution in [3.63, 3.8) is 0 Å². The second-order valence-electron chi connectivity index (χ2n) is 6.09. The highest BCUT2D eigenvalue weighted by Gasteiger charge is 2.13. The van der Waals surface area contributed by atoms with Crippen LogP contribution >= 0.6 is 11.6 Å². The van der Waals surface area contributed by atoms with Crippen LogP contribution in [0.4, 0.5) is 22.7 Å². The number of anilines is 4. The third-order valence-corrected chi connectivity index (χ3v) is 4.48. The molecule has 6 heteroatoms. The molecule has 0 bridgehead atoms. The molecule has 0 radical (unpaired) electrons. The summed E-state index contributed by atoms with van der Waals surface area (Å²) in [6, 6.07) is 23.0. The molecule has 144 valence electrons. The zero-order valence-corrected chi connectivity index (χ0v) is 16.2. The molecule has 0 fully saturated rings. The summed E-state index contributed by atoms with van der Waals surface area (Å²) < 4.78 is 5.26. The van der Waals surface area contributed by atoms with Gasteiger partial charge >= 0.3 is 0 Å². The first-order chi connectivity index (χ1) is 13.6. The van der Waals surface area contributed by atoms with Crippen LogP contribution in [0.2, 0.25) is 0 Å². The van der Waals surface area contributed by atoms with Gasteiger partial charge in [0.1, 0.15) is 11.6 Å². The average molecular weight is 397 g/mol. The van der Waals surface area contributed by atoms with Crippen molar-refractivity contribution in [3.05, 3.63) is 78.4 Å². The summed E-state index contributed by atoms with van der Waals surface area (Å²) in [5.74, 6) is 0.441. The van der Waals surface area contributed by atoms with E-state index in [9.17, 15) is 9.90 Å². The molecule has 1 amide bonds. The molecule has 2 N–H and O–H groups in total. The Kier molecular flexibility index (Phi) is 6.53. The van der Waals surface area contributed by atoms with Gasteiger partial charge in [-0.15, -0.1) is 11.6 Å². The molecule has 0 aliphatic heterocycles. The standard InChI is InChI=1S/C22H21ClN2O3/c1-28-21-12-10-20(11-13-21)25(18-6-2-16(15-26)3-7-18)19-8-4-17(5-9-19)24-22(27)14-23/h2-13,26H,14-15H2,1H3,(H,24,27). The van der Waals surface area contributed by atoms with Crippen LogP contribution < -0.4 is 15.0 Å². The van der Waals surface area contributed by atoms with Gasteiger partial charge in [0.25, 0.3) is 0 Å². The highest BCUT2D eigenvalue weighted by atomic mass is 35.5. The number of amides is 1. The fraction of sp³-hybridized carbons (Fsp3) is 0.136. The third kappa shape index (κ3) is 4.63. The fourth-order valence-electron chi connectivity index (χ4n) is 2.82. The number of nitrogens with zero attached hydrogens (tertiary/aromatic N) is 1. The first-order valence-corrected chi connectivity index (χ1v) is 9.28. The molecule has 3 aromatic carbocycles. The first kappa shape index (κ1) is 19.7. The van der Waals surface area contributed by atoms with Gasteiger partial charge in [-0.25, -0.2) is 0 Å². The van der Waals surface area contributed by atoms with Gasteiger partial charge in [0.05, 0.1) is 13.7 Å². The molecule has 3 rings (SSSR count). The monoisotopic (exact) mass is 396 g/mol. The Labute approximate surface area is 169 Å². The van der Waals surface area contributed by atoms with Crippen molar-refractivity contribution in [3.8, 4) is 5.75 Å². The normalized spacial score (nSPS) is 10.4. The molecular weight excluding hydrogens is 376 g/mol. The van der Waals surface area contributed by atoms with Gasteiger partial charge in [0.15, 0.2) is 0 Å². The highest BCUT2D eigenvalue weighted by molar-refractivity contribution is 6.29. The zero-order valence-electron chi connectivity index (χ0n) is 15.4. The number of aliphatic hydroxyl groups excluding tert-OH is 1. The zero-order chi connectivity index (χ0) is 19.9. The van der Waals surface area contributed by atoms with Crippen LogP contribution in [0, 0.1) is 0 Å². The maximum atomic E-state index is 11.5. The molecular formula is C22H21ClN2O3. The predicted octanol–water partition coefficient (Wildman–Crippen LogP) is 4.83. The van der Waals surface area contributed by atoms with Gasteiger partial charge in [-0.05, 0) is 66.2 Å². The van der Waals surface area contributed by atoms with Crippen molar-refractivity contribution in [2.24, 2.45) is 0 Å². The Balaban J connectivity index is 1.98. The van der Waals surface area contributed by atoms with Crippen LogP contribution in [-0.4, -0.2) is 24.0 Å². The van der Waals surface area contributed by atoms with Gasteiger partial charge in [0.2, 0.25) is 5.91 Å². The number of halogens is 1. The molecule has 3 aromatic rings. The van der Waals surface area contributed by atoms with Crippen molar-refractivity contribution in [2.45, 2.75) is 6.61 Å². The second-order valence-corrected chi connectivity index (χ2v) is 6.35. The Morgan fingerprint density at radius 1 is 0.929 bits per heavy atom. The lowest BCUT2D eigenvalue weighted by Crippen LogP contribution is -2.13. The fourth-order valence-corrected chi connectivity index (χ4v) is 2.88. The maximum absolute atomic E-state index is 11.5. The summed E-state index contributed by atoms with van der Waals surface area (Å²) in [5.41, 5.74) is 4.35. The van der Waals surface area contributed by atoms with Crippen molar-refractivity contribution in [1.82, 2.24) is 0 Å². The van der Waals surface area contributed by atoms with E-state index in [0.29, 0.717) is 5.69 Å². The minimum Gasteiger partial charge on any atom is -0.497 e. The summed E-state index contributed by atoms with van der Waals surface area (Å²) in [5, 5.41) is 12.0. The molecule has 0 aliphatic carbocycles. The van der Waals surface area contributed by atoms with Crippen LogP contribution in [0.25, 0.3) is 0 Å². The van der Waals surface area contributed by atoms with Crippen LogP contribution in [0.5, 0.6) is 5.75 Å². The van der Waals surface area contributed by atoms with E-state index in [1.54, 1.807) is 7.11 Å². The Morgan fingerprint density at radius 2 is 1.43 bits per heavy atom. The molecule has 0 saturated heterocycles. The Hall–Kier alpha value is -3.02. The van der Waals surface area contributed by atoms with Crippen molar-refractivity contribution >= 4 is 40.3 Å². The number of aliphatic hydroxyl groups is 1. The van der Waals surface area contributed by atoms with E-state index in [2.05, 4.69) is 10.2 Å². The number of rotatable bonds is 7. The summed E-state index contributed by atoms with van der Waals surface area (Å²) in [6.45, 7) is -0.00220. The molecule has 0 aliphatic rings. The van der Waals surface area contributed by atoms with Crippen LogP contribution in [0.3, 0.4) is 0 Å². The molecule has 28 heavy (non-hydrogen) atoms. The first-order valence-electron chi connectivity index (χ1n) is 8.74. The van der Waals surface area contributed by atoms with Crippen LogP contribution in [0.1, 0.15) is 5.56 Å². The summed E-state index contributed by atoms with van der Waals surface area (Å²) in [6.07, 6.45) is 0. The lowest BCUT2D eigenvalue weighted by Gasteiger charge is -2.26. The van der Waals surface area contributed by atoms with Crippen LogP contribution in [0.15, 0.2) is 72.8 Å². The van der Waals surface area contributed by atoms with Gasteiger partial charge in [-0.1, -0.05) is 12.1 Å². The van der Waals surface area contributed by atoms with E-state index in [0.717, 1.165) is 28.4 Å². The van der Waals surface area contributed by atoms with Crippen molar-refractivity contribution in [1.29, 1.82) is 0 Å². The van der Waals surface area contributed by atoms with Gasteiger partial charge in [-0.2, -0.15) is 0 Å². The van der Waals surface area contributed by atoms with E-state index in [1.165, 1.54) is 0 Å². The number of hydrogen-bond acceptors (Lipinski definition) is 4. The SMILES string of the molecule is COc1ccc(N(c2ccc(CO)cc2)c2ccc(NC(=O)CCl)cc2)cc1. The van der Waals surface area contributed by atoms with Crippen LogP contribution in [-0.2, 0) is 11.4 Å². The van der Waals surface area contributed by atoms with Crippen molar-refractivity contribution < 1.29 is 14.6 Å². The summed E-state index contributed by atoms with van der Waals surface area (Å²) in [7, 11) is 1.63.